The van der Waals surface area contributed by atoms with Crippen molar-refractivity contribution < 1.29 is 32.7 Å². The first-order valence-electron chi connectivity index (χ1n) is 20.1. The Kier molecular flexibility index (Phi) is 13.4. The molecule has 0 bridgehead atoms. The highest BCUT2D eigenvalue weighted by Crippen LogP contribution is 2.34. The minimum atomic E-state index is -2.73. The molecule has 4 aromatic heterocycles. The van der Waals surface area contributed by atoms with Crippen molar-refractivity contribution in [2.24, 2.45) is 0 Å². The summed E-state index contributed by atoms with van der Waals surface area (Å²) < 4.78 is 35.1. The molecule has 2 unspecified atom stereocenters. The maximum Gasteiger partial charge on any atom is 0.805 e. The van der Waals surface area contributed by atoms with E-state index >= 15 is 0 Å². The lowest BCUT2D eigenvalue weighted by molar-refractivity contribution is 0.0932. The minimum Gasteiger partial charge on any atom is -0.497 e. The molecule has 0 saturated carbocycles. The monoisotopic (exact) mass is 901 g/mol. The van der Waals surface area contributed by atoms with Crippen LogP contribution in [0.5, 0.6) is 23.0 Å². The van der Waals surface area contributed by atoms with Crippen LogP contribution in [0.25, 0.3) is 23.0 Å². The molecule has 4 N–H and O–H groups in total. The molecule has 66 heavy (non-hydrogen) atoms. The number of hydrogen-bond donors (Lipinski definition) is 4. The largest absolute Gasteiger partial charge is 0.805 e. The molecule has 2 atom stereocenters. The van der Waals surface area contributed by atoms with Gasteiger partial charge in [-0.1, -0.05) is 60.7 Å². The zero-order valence-corrected chi connectivity index (χ0v) is 36.0. The Hall–Kier alpha value is -8.82. The summed E-state index contributed by atoms with van der Waals surface area (Å²) in [7, 11) is 0.353. The first-order chi connectivity index (χ1) is 32.1. The van der Waals surface area contributed by atoms with E-state index in [9.17, 15) is 23.7 Å². The highest BCUT2D eigenvalue weighted by atomic mass is 31.1. The second-order valence-corrected chi connectivity index (χ2v) is 15.1. The molecular weight excluding hydrogens is 864 g/mol. The van der Waals surface area contributed by atoms with Crippen LogP contribution in [0.2, 0.25) is 0 Å². The van der Waals surface area contributed by atoms with Gasteiger partial charge in [0.15, 0.2) is 23.1 Å². The average Bonchev–Trinajstić information content (AvgIpc) is 3.36. The smallest absolute Gasteiger partial charge is 0.497 e. The van der Waals surface area contributed by atoms with Crippen LogP contribution >= 0.6 is 8.25 Å². The molecular formula is C48H38N8O9P+. The number of ether oxygens (including phenoxy) is 2. The lowest BCUT2D eigenvalue weighted by Crippen LogP contribution is -2.33. The fraction of sp³-hybridized carbons (Fsp3) is 0.0833. The van der Waals surface area contributed by atoms with Crippen LogP contribution in [0.15, 0.2) is 168 Å². The van der Waals surface area contributed by atoms with Gasteiger partial charge in [-0.25, -0.2) is 19.0 Å². The van der Waals surface area contributed by atoms with Gasteiger partial charge in [0.05, 0.1) is 26.3 Å². The molecule has 0 spiro atoms. The molecule has 17 nitrogen and oxygen atoms in total. The standard InChI is InChI=1S/C48H37N8O9P/c1-62-33-17-9-29(10-18-33)41(53-45(57)37-27-51-43(55-47(37)59)39-7-3-5-25-49-39)31-13-21-35(22-14-31)64-66(61)65-36-23-15-32(16-24-36)42(30-11-19-34(63-2)20-12-30)54-46(58)38-28-52-44(56-48(38)60)40-8-4-6-26-50-40/h3-28,41-42H,1-2H3,(H3-,51,52,53,54,55,56,57,58,59,60)/p+1. The molecule has 0 radical (unpaired) electrons. The Morgan fingerprint density at radius 3 is 1.15 bits per heavy atom. The first kappa shape index (κ1) is 43.8. The summed E-state index contributed by atoms with van der Waals surface area (Å²) in [6, 6.07) is 36.0. The second-order valence-electron chi connectivity index (χ2n) is 14.3. The normalized spacial score (nSPS) is 11.9. The molecule has 8 rings (SSSR count). The number of nitrogens with one attached hydrogen (secondary N) is 4. The maximum absolute atomic E-state index is 13.6. The Balaban J connectivity index is 0.954. The summed E-state index contributed by atoms with van der Waals surface area (Å²) in [5.74, 6) is 0.733. The number of H-pyrrole nitrogens is 2. The minimum absolute atomic E-state index is 0.200. The number of carbonyl (C=O) groups is 2. The van der Waals surface area contributed by atoms with E-state index in [1.165, 1.54) is 12.4 Å². The van der Waals surface area contributed by atoms with E-state index < -0.39 is 43.3 Å². The first-order valence-corrected chi connectivity index (χ1v) is 21.2. The van der Waals surface area contributed by atoms with E-state index in [0.717, 1.165) is 0 Å². The van der Waals surface area contributed by atoms with E-state index in [4.69, 9.17) is 18.5 Å². The quantitative estimate of drug-likeness (QED) is 0.0707. The molecule has 4 heterocycles. The summed E-state index contributed by atoms with van der Waals surface area (Å²) in [5, 5.41) is 5.85. The Morgan fingerprint density at radius 2 is 0.848 bits per heavy atom. The van der Waals surface area contributed by atoms with Gasteiger partial charge in [-0.05, 0) is 95.1 Å². The summed E-state index contributed by atoms with van der Waals surface area (Å²) in [6.45, 7) is 0. The predicted molar refractivity (Wildman–Crippen MR) is 243 cm³/mol. The van der Waals surface area contributed by atoms with Crippen LogP contribution < -0.4 is 40.3 Å². The third kappa shape index (κ3) is 10.3. The average molecular weight is 902 g/mol. The van der Waals surface area contributed by atoms with E-state index in [0.29, 0.717) is 45.1 Å². The summed E-state index contributed by atoms with van der Waals surface area (Å²) in [5.41, 5.74) is 1.80. The third-order valence-electron chi connectivity index (χ3n) is 10.1. The molecule has 8 aromatic rings. The number of hydrogen-bond acceptors (Lipinski definition) is 13. The fourth-order valence-electron chi connectivity index (χ4n) is 6.74. The number of rotatable bonds is 16. The number of nitrogens with zero attached hydrogens (tertiary/aromatic N) is 4. The summed E-state index contributed by atoms with van der Waals surface area (Å²) in [4.78, 5) is 75.4. The number of aromatic amines is 2. The van der Waals surface area contributed by atoms with E-state index in [-0.39, 0.29) is 34.3 Å². The van der Waals surface area contributed by atoms with Crippen molar-refractivity contribution in [1.82, 2.24) is 40.5 Å². The van der Waals surface area contributed by atoms with Crippen molar-refractivity contribution in [3.63, 3.8) is 0 Å². The van der Waals surface area contributed by atoms with Gasteiger partial charge in [0.2, 0.25) is 0 Å². The van der Waals surface area contributed by atoms with E-state index in [2.05, 4.69) is 40.5 Å². The highest BCUT2D eigenvalue weighted by molar-refractivity contribution is 7.34. The van der Waals surface area contributed by atoms with Gasteiger partial charge >= 0.3 is 8.25 Å². The van der Waals surface area contributed by atoms with Crippen LogP contribution in [0.3, 0.4) is 0 Å². The molecule has 0 saturated heterocycles. The fourth-order valence-corrected chi connectivity index (χ4v) is 7.37. The van der Waals surface area contributed by atoms with Gasteiger partial charge in [-0.2, -0.15) is 0 Å². The number of pyridine rings is 2. The second kappa shape index (κ2) is 20.1. The zero-order chi connectivity index (χ0) is 46.0. The number of aromatic nitrogens is 6. The Morgan fingerprint density at radius 1 is 0.500 bits per heavy atom. The Bertz CT molecular complexity index is 2890. The SMILES string of the molecule is COc1ccc(C(NC(=O)c2cnc(-c3ccccn3)[nH]c2=O)c2ccc(O[P+](=O)Oc3ccc(C(NC(=O)c4cnc(-c5ccccn5)[nH]c4=O)c4ccc(OC)cc4)cc3)cc2)cc1. The molecule has 18 heteroatoms. The topological polar surface area (TPSA) is 229 Å². The number of amides is 2. The lowest BCUT2D eigenvalue weighted by atomic mass is 9.98. The van der Waals surface area contributed by atoms with Gasteiger partial charge in [-0.3, -0.25) is 29.1 Å². The molecule has 2 amide bonds. The van der Waals surface area contributed by atoms with Crippen molar-refractivity contribution in [1.29, 1.82) is 0 Å². The summed E-state index contributed by atoms with van der Waals surface area (Å²) in [6.07, 6.45) is 5.54. The predicted octanol–water partition coefficient (Wildman–Crippen LogP) is 7.15. The van der Waals surface area contributed by atoms with Crippen LogP contribution in [0, 0.1) is 0 Å². The van der Waals surface area contributed by atoms with E-state index in [1.807, 2.05) is 0 Å². The molecule has 0 aliphatic rings. The van der Waals surface area contributed by atoms with Gasteiger partial charge in [0.1, 0.15) is 34.0 Å². The van der Waals surface area contributed by atoms with Crippen molar-refractivity contribution in [2.75, 3.05) is 14.2 Å². The van der Waals surface area contributed by atoms with Crippen LogP contribution in [-0.4, -0.2) is 55.9 Å². The van der Waals surface area contributed by atoms with Crippen molar-refractivity contribution in [3.8, 4) is 46.0 Å². The van der Waals surface area contributed by atoms with Crippen LogP contribution in [-0.2, 0) is 4.57 Å². The number of methoxy groups -OCH3 is 2. The van der Waals surface area contributed by atoms with Crippen molar-refractivity contribution >= 4 is 20.1 Å². The zero-order valence-electron chi connectivity index (χ0n) is 35.1. The molecule has 0 fully saturated rings. The highest BCUT2D eigenvalue weighted by Gasteiger charge is 2.27. The maximum atomic E-state index is 13.6. The number of carbonyl (C=O) groups excluding carboxylic acids is 2. The van der Waals surface area contributed by atoms with Crippen molar-refractivity contribution in [3.05, 3.63) is 212 Å². The van der Waals surface area contributed by atoms with Crippen molar-refractivity contribution in [2.45, 2.75) is 12.1 Å². The van der Waals surface area contributed by atoms with Gasteiger partial charge in [0.25, 0.3) is 22.9 Å². The lowest BCUT2D eigenvalue weighted by Gasteiger charge is -2.20. The Labute approximate surface area is 376 Å². The molecule has 4 aromatic carbocycles. The van der Waals surface area contributed by atoms with Gasteiger partial charge in [0, 0.05) is 29.4 Å². The molecule has 0 aliphatic heterocycles. The van der Waals surface area contributed by atoms with Gasteiger partial charge < -0.3 is 30.1 Å². The summed E-state index contributed by atoms with van der Waals surface area (Å²) >= 11 is 0. The number of benzene rings is 4. The third-order valence-corrected chi connectivity index (χ3v) is 10.9. The molecule has 0 aliphatic carbocycles. The van der Waals surface area contributed by atoms with Crippen LogP contribution in [0.4, 0.5) is 0 Å². The van der Waals surface area contributed by atoms with Crippen LogP contribution in [0.1, 0.15) is 55.1 Å². The molecule has 328 valence electrons. The van der Waals surface area contributed by atoms with Gasteiger partial charge in [-0.15, -0.1) is 0 Å². The van der Waals surface area contributed by atoms with E-state index in [1.54, 1.807) is 160 Å².